The fourth-order valence-electron chi connectivity index (χ4n) is 4.03. The summed E-state index contributed by atoms with van der Waals surface area (Å²) >= 11 is 0. The molecule has 0 radical (unpaired) electrons. The van der Waals surface area contributed by atoms with E-state index in [1.165, 1.54) is 4.67 Å². The van der Waals surface area contributed by atoms with Gasteiger partial charge in [0.05, 0.1) is 6.04 Å². The molecule has 2 saturated heterocycles. The summed E-state index contributed by atoms with van der Waals surface area (Å²) in [5, 5.41) is 0. The normalized spacial score (nSPS) is 35.6. The van der Waals surface area contributed by atoms with Crippen LogP contribution in [0.3, 0.4) is 0 Å². The van der Waals surface area contributed by atoms with Crippen LogP contribution in [0.5, 0.6) is 0 Å². The number of nitrogens with zero attached hydrogens (tertiary/aromatic N) is 2. The van der Waals surface area contributed by atoms with Crippen LogP contribution in [0.2, 0.25) is 0 Å². The summed E-state index contributed by atoms with van der Waals surface area (Å²) in [5.74, 6) is 0.966. The number of rotatable bonds is 2. The van der Waals surface area contributed by atoms with E-state index in [4.69, 9.17) is 9.47 Å². The van der Waals surface area contributed by atoms with Crippen molar-refractivity contribution in [1.82, 2.24) is 9.34 Å². The van der Waals surface area contributed by atoms with Gasteiger partial charge in [0.25, 0.3) is 11.8 Å². The minimum atomic E-state index is -3.81. The summed E-state index contributed by atoms with van der Waals surface area (Å²) in [6.45, 7) is 0.751. The zero-order valence-corrected chi connectivity index (χ0v) is 14.5. The van der Waals surface area contributed by atoms with Gasteiger partial charge in [-0.05, 0) is 12.0 Å². The summed E-state index contributed by atoms with van der Waals surface area (Å²) in [4.78, 5) is 11.0. The Morgan fingerprint density at radius 3 is 2.56 bits per heavy atom. The minimum Gasteiger partial charge on any atom is -0.473 e. The van der Waals surface area contributed by atoms with Gasteiger partial charge >= 0.3 is 7.67 Å². The maximum atomic E-state index is 13.4. The molecule has 6 nitrogen and oxygen atoms in total. The molecule has 0 amide bonds. The molecule has 3 heterocycles. The van der Waals surface area contributed by atoms with Gasteiger partial charge in [0, 0.05) is 5.92 Å². The van der Waals surface area contributed by atoms with Crippen molar-refractivity contribution in [3.63, 3.8) is 0 Å². The first-order valence-electron chi connectivity index (χ1n) is 8.48. The third-order valence-electron chi connectivity index (χ3n) is 5.23. The molecule has 25 heavy (non-hydrogen) atoms. The number of fused-ring (bicyclic) bond motifs is 2. The van der Waals surface area contributed by atoms with Gasteiger partial charge in [0.2, 0.25) is 0 Å². The average Bonchev–Trinajstić information content (AvgIpc) is 3.32. The molecule has 1 aromatic carbocycles. The second-order valence-electron chi connectivity index (χ2n) is 6.64. The van der Waals surface area contributed by atoms with Gasteiger partial charge in [-0.15, -0.1) is 0 Å². The Morgan fingerprint density at radius 1 is 1.04 bits per heavy atom. The van der Waals surface area contributed by atoms with Gasteiger partial charge in [-0.2, -0.15) is 0 Å². The van der Waals surface area contributed by atoms with Crippen molar-refractivity contribution in [3.05, 3.63) is 72.0 Å². The topological polar surface area (TPSA) is 62.2 Å². The van der Waals surface area contributed by atoms with E-state index in [-0.39, 0.29) is 18.0 Å². The van der Waals surface area contributed by atoms with Crippen molar-refractivity contribution in [2.45, 2.75) is 18.5 Å². The van der Waals surface area contributed by atoms with Crippen LogP contribution in [-0.2, 0) is 14.0 Å². The molecule has 4 aliphatic rings. The average molecular weight is 358 g/mol. The molecule has 2 unspecified atom stereocenters. The molecule has 7 heteroatoms. The number of ether oxygens (including phenoxy) is 2. The van der Waals surface area contributed by atoms with E-state index in [9.17, 15) is 9.46 Å². The molecule has 0 saturated carbocycles. The molecule has 1 aromatic rings. The fraction of sp³-hybridized carbons (Fsp3) is 0.333. The number of allylic oxidation sites excluding steroid dienone is 3. The number of benzene rings is 1. The summed E-state index contributed by atoms with van der Waals surface area (Å²) in [5.41, 5.74) is 0.964. The van der Waals surface area contributed by atoms with E-state index < -0.39 is 7.67 Å². The van der Waals surface area contributed by atoms with Crippen molar-refractivity contribution >= 4 is 7.67 Å². The lowest BCUT2D eigenvalue weighted by Crippen LogP contribution is -2.35. The Balaban J connectivity index is 1.52. The molecule has 130 valence electrons. The molecule has 0 aromatic heterocycles. The van der Waals surface area contributed by atoms with Gasteiger partial charge in [-0.3, -0.25) is 0 Å². The molecular weight excluding hydrogens is 339 g/mol. The summed E-state index contributed by atoms with van der Waals surface area (Å²) in [6.07, 6.45) is 8.99. The molecule has 2 fully saturated rings. The first-order valence-corrected chi connectivity index (χ1v) is 10.0. The van der Waals surface area contributed by atoms with Crippen LogP contribution >= 0.6 is 7.67 Å². The predicted octanol–water partition coefficient (Wildman–Crippen LogP) is 3.13. The third kappa shape index (κ3) is 2.11. The van der Waals surface area contributed by atoms with Crippen LogP contribution in [-0.4, -0.2) is 33.5 Å². The van der Waals surface area contributed by atoms with Crippen molar-refractivity contribution in [2.24, 2.45) is 5.92 Å². The van der Waals surface area contributed by atoms with Gasteiger partial charge in [0.1, 0.15) is 19.3 Å². The van der Waals surface area contributed by atoms with Gasteiger partial charge < -0.3 is 14.4 Å². The van der Waals surface area contributed by atoms with Gasteiger partial charge in [0.15, 0.2) is 0 Å². The van der Waals surface area contributed by atoms with Crippen molar-refractivity contribution < 1.29 is 18.9 Å². The van der Waals surface area contributed by atoms with Crippen LogP contribution in [0.1, 0.15) is 18.0 Å². The van der Waals surface area contributed by atoms with Crippen LogP contribution in [0.25, 0.3) is 0 Å². The first kappa shape index (κ1) is 15.1. The zero-order chi connectivity index (χ0) is 17.0. The maximum absolute atomic E-state index is 13.4. The van der Waals surface area contributed by atoms with Crippen LogP contribution in [0.15, 0.2) is 66.4 Å². The van der Waals surface area contributed by atoms with Crippen molar-refractivity contribution in [3.8, 4) is 0 Å². The highest BCUT2D eigenvalue weighted by molar-refractivity contribution is 7.53. The Morgan fingerprint density at radius 2 is 1.80 bits per heavy atom. The highest BCUT2D eigenvalue weighted by Gasteiger charge is 2.61. The minimum absolute atomic E-state index is 0.152. The molecule has 1 aliphatic carbocycles. The third-order valence-corrected chi connectivity index (χ3v) is 7.29. The zero-order valence-electron chi connectivity index (χ0n) is 13.6. The fourth-order valence-corrected chi connectivity index (χ4v) is 6.18. The van der Waals surface area contributed by atoms with Crippen LogP contribution in [0, 0.1) is 5.92 Å². The van der Waals surface area contributed by atoms with Crippen molar-refractivity contribution in [2.75, 3.05) is 13.2 Å². The first-order chi connectivity index (χ1) is 12.2. The monoisotopic (exact) mass is 358 g/mol. The van der Waals surface area contributed by atoms with E-state index in [2.05, 4.69) is 12.2 Å². The van der Waals surface area contributed by atoms with Crippen molar-refractivity contribution in [1.29, 1.82) is 0 Å². The lowest BCUT2D eigenvalue weighted by molar-refractivity contribution is 0.188. The molecule has 0 bridgehead atoms. The molecule has 5 rings (SSSR count). The van der Waals surface area contributed by atoms with Crippen LogP contribution < -0.4 is 0 Å². The lowest BCUT2D eigenvalue weighted by atomic mass is 9.93. The van der Waals surface area contributed by atoms with Gasteiger partial charge in [-0.1, -0.05) is 54.6 Å². The highest BCUT2D eigenvalue weighted by atomic mass is 31.2. The highest BCUT2D eigenvalue weighted by Crippen LogP contribution is 2.68. The Hall–Kier alpha value is -2.17. The quantitative estimate of drug-likeness (QED) is 0.820. The van der Waals surface area contributed by atoms with E-state index >= 15 is 0 Å². The molecule has 4 atom stereocenters. The SMILES string of the molecule is O=P1(O)N2C(=C3OC[C@H](C4C=CC=CC4)N31)OC[C@@H]2c1ccccc1. The Kier molecular flexibility index (Phi) is 3.27. The lowest BCUT2D eigenvalue weighted by Gasteiger charge is -2.33. The Labute approximate surface area is 146 Å². The predicted molar refractivity (Wildman–Crippen MR) is 91.8 cm³/mol. The summed E-state index contributed by atoms with van der Waals surface area (Å²) < 4.78 is 28.1. The van der Waals surface area contributed by atoms with Gasteiger partial charge in [-0.25, -0.2) is 13.9 Å². The Bertz CT molecular complexity index is 835. The standard InChI is InChI=1S/C18H19N2O4P/c21-25(22)19-15(13-7-3-1-4-8-13)11-23-17(19)18-20(25)16(12-24-18)14-9-5-2-6-10-14/h1-9,14-16H,10-12H2,(H,21,22)/t14?,15-,16-/m1/s1. The largest absolute Gasteiger partial charge is 0.473 e. The number of hydrogen-bond donors (Lipinski definition) is 1. The van der Waals surface area contributed by atoms with E-state index in [1.807, 2.05) is 42.5 Å². The van der Waals surface area contributed by atoms with Crippen LogP contribution in [0.4, 0.5) is 0 Å². The molecule has 3 aliphatic heterocycles. The number of hydrogen-bond acceptors (Lipinski definition) is 3. The van der Waals surface area contributed by atoms with E-state index in [0.29, 0.717) is 25.0 Å². The molecular formula is C18H19N2O4P. The molecule has 1 N–H and O–H groups in total. The second kappa shape index (κ2) is 5.41. The summed E-state index contributed by atoms with van der Waals surface area (Å²) in [7, 11) is -3.81. The smallest absolute Gasteiger partial charge is 0.400 e. The maximum Gasteiger partial charge on any atom is 0.400 e. The van der Waals surface area contributed by atoms with E-state index in [0.717, 1.165) is 12.0 Å². The molecule has 0 spiro atoms. The summed E-state index contributed by atoms with van der Waals surface area (Å²) in [6, 6.07) is 9.26. The second-order valence-corrected chi connectivity index (χ2v) is 8.53. The van der Waals surface area contributed by atoms with E-state index in [1.54, 1.807) is 4.67 Å².